The average molecular weight is 294 g/mol. The normalized spacial score (nSPS) is 14.9. The summed E-state index contributed by atoms with van der Waals surface area (Å²) >= 11 is 0. The molecule has 0 spiro atoms. The number of rotatable bonds is 5. The molecule has 2 unspecified atom stereocenters. The van der Waals surface area contributed by atoms with Gasteiger partial charge in [-0.1, -0.05) is 45.9 Å². The van der Waals surface area contributed by atoms with Crippen molar-refractivity contribution in [1.29, 1.82) is 0 Å². The minimum atomic E-state index is -2.22. The minimum Gasteiger partial charge on any atom is -0.318 e. The van der Waals surface area contributed by atoms with Gasteiger partial charge in [-0.05, 0) is 42.7 Å². The summed E-state index contributed by atoms with van der Waals surface area (Å²) in [5.74, 6) is 0.315. The van der Waals surface area contributed by atoms with Gasteiger partial charge in [-0.2, -0.15) is 0 Å². The zero-order valence-corrected chi connectivity index (χ0v) is 14.5. The second kappa shape index (κ2) is 6.72. The maximum Gasteiger partial charge on any atom is 0.219 e. The van der Waals surface area contributed by atoms with Crippen LogP contribution >= 0.6 is 7.80 Å². The van der Waals surface area contributed by atoms with Crippen LogP contribution in [0.1, 0.15) is 55.6 Å². The summed E-state index contributed by atoms with van der Waals surface area (Å²) < 4.78 is 12.4. The van der Waals surface area contributed by atoms with Gasteiger partial charge in [0.15, 0.2) is 0 Å². The van der Waals surface area contributed by atoms with Crippen molar-refractivity contribution < 1.29 is 9.36 Å². The molecule has 20 heavy (non-hydrogen) atoms. The summed E-state index contributed by atoms with van der Waals surface area (Å²) in [6, 6.07) is 5.75. The number of hydrogen-bond acceptors (Lipinski definition) is 2. The van der Waals surface area contributed by atoms with Gasteiger partial charge >= 0.3 is 0 Å². The number of aryl methyl sites for hydroxylation is 2. The molecule has 0 N–H and O–H groups in total. The van der Waals surface area contributed by atoms with Gasteiger partial charge in [0, 0.05) is 11.7 Å². The highest BCUT2D eigenvalue weighted by Gasteiger charge is 2.22. The van der Waals surface area contributed by atoms with Crippen LogP contribution in [-0.4, -0.2) is 11.7 Å². The van der Waals surface area contributed by atoms with Crippen molar-refractivity contribution in [3.63, 3.8) is 0 Å². The smallest absolute Gasteiger partial charge is 0.219 e. The third-order valence-corrected chi connectivity index (χ3v) is 5.28. The van der Waals surface area contributed by atoms with E-state index in [9.17, 15) is 9.36 Å². The highest BCUT2D eigenvalue weighted by Crippen LogP contribution is 2.35. The van der Waals surface area contributed by atoms with Crippen molar-refractivity contribution >= 4 is 13.3 Å². The molecule has 112 valence electrons. The molecule has 0 aliphatic heterocycles. The molecule has 0 aliphatic carbocycles. The first-order valence-electron chi connectivity index (χ1n) is 7.25. The molecule has 3 heteroatoms. The fourth-order valence-corrected chi connectivity index (χ4v) is 4.47. The van der Waals surface area contributed by atoms with Gasteiger partial charge < -0.3 is 4.57 Å². The van der Waals surface area contributed by atoms with Gasteiger partial charge in [0.1, 0.15) is 7.80 Å². The molecule has 2 nitrogen and oxygen atoms in total. The molecule has 1 aromatic rings. The third kappa shape index (κ3) is 4.90. The van der Waals surface area contributed by atoms with Gasteiger partial charge in [0.2, 0.25) is 5.52 Å². The Hall–Kier alpha value is -0.880. The largest absolute Gasteiger partial charge is 0.318 e. The summed E-state index contributed by atoms with van der Waals surface area (Å²) in [5, 5.41) is 0. The van der Waals surface area contributed by atoms with E-state index in [0.29, 0.717) is 17.6 Å². The SMILES string of the molecule is Cc1cccc(C)c1C(=O)[PH](=O)CC(C)CC(C)(C)C. The summed E-state index contributed by atoms with van der Waals surface area (Å²) in [6.45, 7) is 12.4. The van der Waals surface area contributed by atoms with Crippen LogP contribution in [0.15, 0.2) is 18.2 Å². The zero-order chi connectivity index (χ0) is 15.5. The molecule has 0 amide bonds. The van der Waals surface area contributed by atoms with Crippen LogP contribution in [0, 0.1) is 25.2 Å². The number of carbonyl (C=O) groups is 1. The fraction of sp³-hybridized carbons (Fsp3) is 0.588. The second-order valence-corrected chi connectivity index (χ2v) is 8.80. The Morgan fingerprint density at radius 3 is 2.15 bits per heavy atom. The van der Waals surface area contributed by atoms with Crippen molar-refractivity contribution in [1.82, 2.24) is 0 Å². The van der Waals surface area contributed by atoms with Crippen LogP contribution in [0.5, 0.6) is 0 Å². The maximum absolute atomic E-state index is 12.4. The van der Waals surface area contributed by atoms with Crippen molar-refractivity contribution in [2.45, 2.75) is 48.0 Å². The molecule has 1 rings (SSSR count). The second-order valence-electron chi connectivity index (χ2n) is 7.09. The Morgan fingerprint density at radius 1 is 1.20 bits per heavy atom. The Balaban J connectivity index is 2.81. The lowest BCUT2D eigenvalue weighted by molar-refractivity contribution is 0.107. The van der Waals surface area contributed by atoms with E-state index in [2.05, 4.69) is 27.7 Å². The average Bonchev–Trinajstić information content (AvgIpc) is 2.25. The molecule has 0 radical (unpaired) electrons. The standard InChI is InChI=1S/C17H27O2P/c1-12(10-17(4,5)6)11-20(19)16(18)15-13(2)8-7-9-14(15)3/h7-9,12,20H,10-11H2,1-6H3. The molecule has 1 aromatic carbocycles. The first kappa shape index (κ1) is 17.2. The van der Waals surface area contributed by atoms with E-state index < -0.39 is 7.80 Å². The van der Waals surface area contributed by atoms with E-state index in [-0.39, 0.29) is 10.9 Å². The van der Waals surface area contributed by atoms with E-state index in [1.54, 1.807) is 0 Å². The summed E-state index contributed by atoms with van der Waals surface area (Å²) in [5.41, 5.74) is 2.59. The molecule has 0 saturated carbocycles. The Morgan fingerprint density at radius 2 is 1.70 bits per heavy atom. The third-order valence-electron chi connectivity index (χ3n) is 3.46. The number of benzene rings is 1. The molecule has 0 bridgehead atoms. The fourth-order valence-electron chi connectivity index (χ4n) is 2.84. The van der Waals surface area contributed by atoms with Gasteiger partial charge in [0.25, 0.3) is 0 Å². The van der Waals surface area contributed by atoms with Crippen LogP contribution < -0.4 is 0 Å². The Labute approximate surface area is 123 Å². The van der Waals surface area contributed by atoms with Crippen LogP contribution in [-0.2, 0) is 4.57 Å². The highest BCUT2D eigenvalue weighted by atomic mass is 31.1. The van der Waals surface area contributed by atoms with Gasteiger partial charge in [0.05, 0.1) is 0 Å². The van der Waals surface area contributed by atoms with Gasteiger partial charge in [-0.15, -0.1) is 0 Å². The van der Waals surface area contributed by atoms with E-state index in [0.717, 1.165) is 17.5 Å². The Kier molecular flexibility index (Phi) is 5.77. The van der Waals surface area contributed by atoms with E-state index in [1.807, 2.05) is 32.0 Å². The van der Waals surface area contributed by atoms with E-state index in [1.165, 1.54) is 0 Å². The summed E-state index contributed by atoms with van der Waals surface area (Å²) in [7, 11) is -2.22. The van der Waals surface area contributed by atoms with E-state index >= 15 is 0 Å². The summed E-state index contributed by atoms with van der Waals surface area (Å²) in [6.07, 6.45) is 1.51. The predicted molar refractivity (Wildman–Crippen MR) is 87.4 cm³/mol. The molecular formula is C17H27O2P. The van der Waals surface area contributed by atoms with Crippen LogP contribution in [0.4, 0.5) is 0 Å². The first-order chi connectivity index (χ1) is 9.11. The van der Waals surface area contributed by atoms with Gasteiger partial charge in [-0.25, -0.2) is 0 Å². The molecule has 0 saturated heterocycles. The maximum atomic E-state index is 12.4. The molecular weight excluding hydrogens is 267 g/mol. The van der Waals surface area contributed by atoms with Crippen molar-refractivity contribution in [2.75, 3.05) is 6.16 Å². The lowest BCUT2D eigenvalue weighted by Crippen LogP contribution is -2.14. The van der Waals surface area contributed by atoms with E-state index in [4.69, 9.17) is 0 Å². The quantitative estimate of drug-likeness (QED) is 0.710. The minimum absolute atomic E-state index is 0.147. The van der Waals surface area contributed by atoms with Crippen molar-refractivity contribution in [2.24, 2.45) is 11.3 Å². The molecule has 2 atom stereocenters. The molecule has 0 aromatic heterocycles. The monoisotopic (exact) mass is 294 g/mol. The lowest BCUT2D eigenvalue weighted by Gasteiger charge is -2.23. The summed E-state index contributed by atoms with van der Waals surface area (Å²) in [4.78, 5) is 12.4. The predicted octanol–water partition coefficient (Wildman–Crippen LogP) is 5.08. The molecule has 0 heterocycles. The molecule has 0 aliphatic rings. The Bertz CT molecular complexity index is 492. The van der Waals surface area contributed by atoms with Crippen LogP contribution in [0.3, 0.4) is 0 Å². The lowest BCUT2D eigenvalue weighted by atomic mass is 9.86. The van der Waals surface area contributed by atoms with Crippen LogP contribution in [0.25, 0.3) is 0 Å². The number of hydrogen-bond donors (Lipinski definition) is 0. The van der Waals surface area contributed by atoms with Gasteiger partial charge in [-0.3, -0.25) is 4.79 Å². The zero-order valence-electron chi connectivity index (χ0n) is 13.5. The number of carbonyl (C=O) groups excluding carboxylic acids is 1. The first-order valence-corrected chi connectivity index (χ1v) is 8.87. The van der Waals surface area contributed by atoms with Crippen LogP contribution in [0.2, 0.25) is 0 Å². The van der Waals surface area contributed by atoms with Crippen molar-refractivity contribution in [3.8, 4) is 0 Å². The topological polar surface area (TPSA) is 34.1 Å². The molecule has 0 fully saturated rings. The highest BCUT2D eigenvalue weighted by molar-refractivity contribution is 7.64. The van der Waals surface area contributed by atoms with Crippen molar-refractivity contribution in [3.05, 3.63) is 34.9 Å².